The van der Waals surface area contributed by atoms with Crippen LogP contribution in [0.3, 0.4) is 0 Å². The van der Waals surface area contributed by atoms with Crippen molar-refractivity contribution in [2.75, 3.05) is 20.1 Å². The summed E-state index contributed by atoms with van der Waals surface area (Å²) in [7, 11) is 1.64. The summed E-state index contributed by atoms with van der Waals surface area (Å²) in [4.78, 5) is 26.0. The fourth-order valence-corrected chi connectivity index (χ4v) is 3.38. The Bertz CT molecular complexity index is 605. The number of carbonyl (C=O) groups is 2. The van der Waals surface area contributed by atoms with E-state index in [4.69, 9.17) is 4.74 Å². The second-order valence-electron chi connectivity index (χ2n) is 6.24. The number of hydrogen-bond acceptors (Lipinski definition) is 3. The van der Waals surface area contributed by atoms with E-state index >= 15 is 0 Å². The van der Waals surface area contributed by atoms with Gasteiger partial charge in [0.1, 0.15) is 0 Å². The summed E-state index contributed by atoms with van der Waals surface area (Å²) in [5, 5.41) is 5.65. The number of carbonyl (C=O) groups excluding carboxylic acids is 2. The molecule has 6 nitrogen and oxygen atoms in total. The minimum Gasteiger partial charge on any atom is -0.370 e. The molecule has 2 N–H and O–H groups in total. The van der Waals surface area contributed by atoms with E-state index in [1.165, 1.54) is 0 Å². The molecule has 2 bridgehead atoms. The average Bonchev–Trinajstić information content (AvgIpc) is 2.87. The number of rotatable bonds is 3. The number of hydrogen-bond donors (Lipinski definition) is 2. The van der Waals surface area contributed by atoms with Crippen molar-refractivity contribution in [3.63, 3.8) is 0 Å². The van der Waals surface area contributed by atoms with Crippen LogP contribution in [0.2, 0.25) is 0 Å². The van der Waals surface area contributed by atoms with Gasteiger partial charge in [0.2, 0.25) is 5.91 Å². The highest BCUT2D eigenvalue weighted by Crippen LogP contribution is 2.32. The highest BCUT2D eigenvalue weighted by molar-refractivity contribution is 5.80. The maximum absolute atomic E-state index is 12.4. The monoisotopic (exact) mass is 317 g/mol. The van der Waals surface area contributed by atoms with E-state index in [0.29, 0.717) is 26.1 Å². The Morgan fingerprint density at radius 2 is 2.09 bits per heavy atom. The number of nitrogens with one attached hydrogen (secondary N) is 2. The van der Waals surface area contributed by atoms with Gasteiger partial charge in [0, 0.05) is 26.7 Å². The Kier molecular flexibility index (Phi) is 4.52. The van der Waals surface area contributed by atoms with E-state index in [0.717, 1.165) is 11.1 Å². The maximum atomic E-state index is 12.4. The second-order valence-corrected chi connectivity index (χ2v) is 6.24. The zero-order chi connectivity index (χ0) is 16.4. The minimum absolute atomic E-state index is 0.000307. The third kappa shape index (κ3) is 3.32. The van der Waals surface area contributed by atoms with Crippen LogP contribution < -0.4 is 10.6 Å². The van der Waals surface area contributed by atoms with Crippen molar-refractivity contribution in [2.45, 2.75) is 32.1 Å². The molecule has 0 saturated carbocycles. The summed E-state index contributed by atoms with van der Waals surface area (Å²) >= 11 is 0. The van der Waals surface area contributed by atoms with Crippen molar-refractivity contribution in [1.29, 1.82) is 0 Å². The molecule has 2 aliphatic rings. The molecule has 1 aromatic carbocycles. The van der Waals surface area contributed by atoms with Crippen LogP contribution in [-0.4, -0.2) is 49.2 Å². The molecule has 1 aromatic rings. The Morgan fingerprint density at radius 3 is 2.83 bits per heavy atom. The highest BCUT2D eigenvalue weighted by atomic mass is 16.5. The van der Waals surface area contributed by atoms with Gasteiger partial charge >= 0.3 is 6.03 Å². The van der Waals surface area contributed by atoms with E-state index < -0.39 is 0 Å². The quantitative estimate of drug-likeness (QED) is 0.875. The van der Waals surface area contributed by atoms with E-state index in [9.17, 15) is 9.59 Å². The van der Waals surface area contributed by atoms with Gasteiger partial charge in [-0.1, -0.05) is 24.3 Å². The second kappa shape index (κ2) is 6.58. The molecule has 2 aliphatic heterocycles. The smallest absolute Gasteiger partial charge is 0.317 e. The summed E-state index contributed by atoms with van der Waals surface area (Å²) in [6.45, 7) is 3.55. The molecule has 2 saturated heterocycles. The number of nitrogens with zero attached hydrogens (tertiary/aromatic N) is 1. The number of amides is 3. The molecule has 3 amide bonds. The first kappa shape index (κ1) is 15.8. The highest BCUT2D eigenvalue weighted by Gasteiger charge is 2.45. The Labute approximate surface area is 136 Å². The van der Waals surface area contributed by atoms with Crippen molar-refractivity contribution in [3.8, 4) is 0 Å². The molecule has 0 aromatic heterocycles. The summed E-state index contributed by atoms with van der Waals surface area (Å²) in [6, 6.07) is 7.91. The Balaban J connectivity index is 1.57. The third-order valence-electron chi connectivity index (χ3n) is 4.72. The molecule has 124 valence electrons. The van der Waals surface area contributed by atoms with Crippen LogP contribution in [0, 0.1) is 12.8 Å². The van der Waals surface area contributed by atoms with Crippen LogP contribution in [0.5, 0.6) is 0 Å². The topological polar surface area (TPSA) is 70.7 Å². The molecule has 23 heavy (non-hydrogen) atoms. The fraction of sp³-hybridized carbons (Fsp3) is 0.529. The number of fused-ring (bicyclic) bond motifs is 2. The van der Waals surface area contributed by atoms with Gasteiger partial charge in [-0.3, -0.25) is 4.79 Å². The van der Waals surface area contributed by atoms with Crippen molar-refractivity contribution < 1.29 is 14.3 Å². The third-order valence-corrected chi connectivity index (χ3v) is 4.72. The van der Waals surface area contributed by atoms with Gasteiger partial charge in [0.25, 0.3) is 0 Å². The van der Waals surface area contributed by atoms with Crippen molar-refractivity contribution in [3.05, 3.63) is 35.4 Å². The lowest BCUT2D eigenvalue weighted by molar-refractivity contribution is -0.127. The van der Waals surface area contributed by atoms with Crippen LogP contribution in [0.1, 0.15) is 17.5 Å². The molecule has 3 atom stereocenters. The number of benzene rings is 1. The number of urea groups is 1. The fourth-order valence-electron chi connectivity index (χ4n) is 3.38. The average molecular weight is 317 g/mol. The summed E-state index contributed by atoms with van der Waals surface area (Å²) in [5.74, 6) is -0.154. The van der Waals surface area contributed by atoms with Crippen LogP contribution >= 0.6 is 0 Å². The Hall–Kier alpha value is -2.08. The standard InChI is InChI=1S/C17H23N3O3/c1-11-5-3-4-6-12(11)8-19-17(22)20-9-13-7-14(16(21)18-2)15(10-20)23-13/h3-6,13-15H,7-10H2,1-2H3,(H,18,21)(H,19,22)/t13-,14-,15+/m0/s1. The predicted octanol–water partition coefficient (Wildman–Crippen LogP) is 1.04. The van der Waals surface area contributed by atoms with Gasteiger partial charge in [-0.05, 0) is 24.5 Å². The van der Waals surface area contributed by atoms with E-state index in [2.05, 4.69) is 10.6 Å². The first-order chi connectivity index (χ1) is 11.1. The number of ether oxygens (including phenoxy) is 1. The van der Waals surface area contributed by atoms with E-state index in [-0.39, 0.29) is 30.1 Å². The lowest BCUT2D eigenvalue weighted by Gasteiger charge is -2.32. The zero-order valence-electron chi connectivity index (χ0n) is 13.5. The molecule has 3 rings (SSSR count). The van der Waals surface area contributed by atoms with Gasteiger partial charge in [-0.15, -0.1) is 0 Å². The predicted molar refractivity (Wildman–Crippen MR) is 85.8 cm³/mol. The summed E-state index contributed by atoms with van der Waals surface area (Å²) in [5.41, 5.74) is 2.27. The van der Waals surface area contributed by atoms with E-state index in [1.807, 2.05) is 31.2 Å². The lowest BCUT2D eigenvalue weighted by atomic mass is 10.00. The van der Waals surface area contributed by atoms with Crippen LogP contribution in [0.4, 0.5) is 4.79 Å². The molecular weight excluding hydrogens is 294 g/mol. The first-order valence-electron chi connectivity index (χ1n) is 8.03. The van der Waals surface area contributed by atoms with Crippen molar-refractivity contribution in [1.82, 2.24) is 15.5 Å². The van der Waals surface area contributed by atoms with Gasteiger partial charge in [0.05, 0.1) is 18.1 Å². The number of morpholine rings is 1. The largest absolute Gasteiger partial charge is 0.370 e. The SMILES string of the molecule is CNC(=O)[C@H]1C[C@H]2CN(C(=O)NCc3ccccc3C)C[C@H]1O2. The Morgan fingerprint density at radius 1 is 1.30 bits per heavy atom. The van der Waals surface area contributed by atoms with Crippen molar-refractivity contribution >= 4 is 11.9 Å². The molecule has 2 fully saturated rings. The maximum Gasteiger partial charge on any atom is 0.317 e. The van der Waals surface area contributed by atoms with Crippen LogP contribution in [0.25, 0.3) is 0 Å². The first-order valence-corrected chi connectivity index (χ1v) is 8.03. The lowest BCUT2D eigenvalue weighted by Crippen LogP contribution is -2.51. The van der Waals surface area contributed by atoms with Crippen molar-refractivity contribution in [2.24, 2.45) is 5.92 Å². The molecule has 0 radical (unpaired) electrons. The van der Waals surface area contributed by atoms with Crippen LogP contribution in [-0.2, 0) is 16.1 Å². The normalized spacial score (nSPS) is 26.0. The molecular formula is C17H23N3O3. The van der Waals surface area contributed by atoms with Gasteiger partial charge < -0.3 is 20.3 Å². The minimum atomic E-state index is -0.196. The number of likely N-dealkylation sites (tertiary alicyclic amines) is 1. The van der Waals surface area contributed by atoms with Gasteiger partial charge in [0.15, 0.2) is 0 Å². The van der Waals surface area contributed by atoms with Gasteiger partial charge in [-0.25, -0.2) is 4.79 Å². The van der Waals surface area contributed by atoms with E-state index in [1.54, 1.807) is 11.9 Å². The molecule has 0 spiro atoms. The van der Waals surface area contributed by atoms with Crippen LogP contribution in [0.15, 0.2) is 24.3 Å². The molecule has 0 aliphatic carbocycles. The molecule has 0 unspecified atom stereocenters. The summed E-state index contributed by atoms with van der Waals surface area (Å²) in [6.07, 6.45) is 0.449. The number of aryl methyl sites for hydroxylation is 1. The zero-order valence-corrected chi connectivity index (χ0v) is 13.5. The molecule has 6 heteroatoms. The molecule has 2 heterocycles. The summed E-state index contributed by atoms with van der Waals surface area (Å²) < 4.78 is 5.81. The van der Waals surface area contributed by atoms with Gasteiger partial charge in [-0.2, -0.15) is 0 Å².